The Bertz CT molecular complexity index is 446. The van der Waals surface area contributed by atoms with Gasteiger partial charge in [0.2, 0.25) is 5.16 Å². The first kappa shape index (κ1) is 15.4. The predicted molar refractivity (Wildman–Crippen MR) is 71.4 cm³/mol. The third-order valence-electron chi connectivity index (χ3n) is 2.34. The monoisotopic (exact) mass is 293 g/mol. The van der Waals surface area contributed by atoms with Crippen molar-refractivity contribution in [1.82, 2.24) is 25.5 Å². The molecule has 0 aliphatic carbocycles. The topological polar surface area (TPSA) is 89.8 Å². The molecule has 0 bridgehead atoms. The van der Waals surface area contributed by atoms with E-state index in [1.54, 1.807) is 11.6 Å². The maximum Gasteiger partial charge on any atom is 0.209 e. The van der Waals surface area contributed by atoms with Gasteiger partial charge in [-0.1, -0.05) is 18.7 Å². The van der Waals surface area contributed by atoms with E-state index >= 15 is 0 Å². The lowest BCUT2D eigenvalue weighted by Crippen LogP contribution is -2.16. The fourth-order valence-corrected chi connectivity index (χ4v) is 3.14. The Labute approximate surface area is 112 Å². The number of nitrogens with one attached hydrogen (secondary N) is 1. The van der Waals surface area contributed by atoms with Crippen molar-refractivity contribution < 1.29 is 8.42 Å². The number of aromatic nitrogens is 4. The molecular formula is C9H19N5O2S2. The molecule has 9 heteroatoms. The Hall–Kier alpha value is -0.670. The molecule has 0 aromatic carbocycles. The second-order valence-electron chi connectivity index (χ2n) is 3.73. The van der Waals surface area contributed by atoms with Crippen molar-refractivity contribution in [2.24, 2.45) is 0 Å². The van der Waals surface area contributed by atoms with E-state index in [4.69, 9.17) is 0 Å². The van der Waals surface area contributed by atoms with Gasteiger partial charge in [-0.05, 0) is 23.9 Å². The van der Waals surface area contributed by atoms with Crippen molar-refractivity contribution in [3.8, 4) is 0 Å². The van der Waals surface area contributed by atoms with Gasteiger partial charge in [0.1, 0.15) is 9.84 Å². The van der Waals surface area contributed by atoms with Gasteiger partial charge in [0, 0.05) is 18.1 Å². The average molecular weight is 293 g/mol. The Morgan fingerprint density at radius 3 is 2.89 bits per heavy atom. The molecule has 1 heterocycles. The molecule has 0 unspecified atom stereocenters. The van der Waals surface area contributed by atoms with Gasteiger partial charge in [-0.15, -0.1) is 5.10 Å². The average Bonchev–Trinajstić information content (AvgIpc) is 2.79. The zero-order valence-electron chi connectivity index (χ0n) is 10.7. The van der Waals surface area contributed by atoms with Gasteiger partial charge in [0.25, 0.3) is 0 Å². The van der Waals surface area contributed by atoms with Crippen LogP contribution in [0, 0.1) is 0 Å². The Morgan fingerprint density at radius 1 is 1.44 bits per heavy atom. The highest BCUT2D eigenvalue weighted by Gasteiger charge is 2.09. The smallest absolute Gasteiger partial charge is 0.209 e. The first-order valence-corrected chi connectivity index (χ1v) is 8.63. The molecule has 0 aliphatic rings. The maximum atomic E-state index is 11.3. The summed E-state index contributed by atoms with van der Waals surface area (Å²) in [6.45, 7) is 3.17. The number of hydrogen-bond donors (Lipinski definition) is 1. The molecule has 0 saturated heterocycles. The van der Waals surface area contributed by atoms with E-state index in [1.807, 2.05) is 7.05 Å². The van der Waals surface area contributed by atoms with Crippen LogP contribution in [0.2, 0.25) is 0 Å². The van der Waals surface area contributed by atoms with E-state index in [9.17, 15) is 8.42 Å². The molecule has 7 nitrogen and oxygen atoms in total. The fourth-order valence-electron chi connectivity index (χ4n) is 1.24. The summed E-state index contributed by atoms with van der Waals surface area (Å²) in [5.74, 6) is 1.14. The van der Waals surface area contributed by atoms with Gasteiger partial charge in [-0.25, -0.2) is 13.1 Å². The molecule has 0 spiro atoms. The van der Waals surface area contributed by atoms with Crippen molar-refractivity contribution in [2.45, 2.75) is 25.0 Å². The highest BCUT2D eigenvalue weighted by molar-refractivity contribution is 7.99. The molecule has 0 saturated carbocycles. The molecule has 1 N–H and O–H groups in total. The molecule has 0 radical (unpaired) electrons. The van der Waals surface area contributed by atoms with Crippen LogP contribution in [0.15, 0.2) is 5.16 Å². The summed E-state index contributed by atoms with van der Waals surface area (Å²) in [6.07, 6.45) is 0.625. The van der Waals surface area contributed by atoms with Crippen LogP contribution < -0.4 is 5.32 Å². The van der Waals surface area contributed by atoms with Crippen LogP contribution >= 0.6 is 11.8 Å². The summed E-state index contributed by atoms with van der Waals surface area (Å²) in [4.78, 5) is 0. The van der Waals surface area contributed by atoms with Gasteiger partial charge in [0.15, 0.2) is 0 Å². The molecule has 0 fully saturated rings. The lowest BCUT2D eigenvalue weighted by atomic mass is 10.6. The highest BCUT2D eigenvalue weighted by Crippen LogP contribution is 2.14. The van der Waals surface area contributed by atoms with E-state index in [0.717, 1.165) is 11.7 Å². The zero-order valence-corrected chi connectivity index (χ0v) is 12.3. The molecule has 18 heavy (non-hydrogen) atoms. The molecule has 0 aliphatic heterocycles. The molecule has 1 aromatic rings. The predicted octanol–water partition coefficient (Wildman–Crippen LogP) is -0.191. The summed E-state index contributed by atoms with van der Waals surface area (Å²) >= 11 is 1.49. The van der Waals surface area contributed by atoms with Crippen LogP contribution in [0.4, 0.5) is 0 Å². The summed E-state index contributed by atoms with van der Waals surface area (Å²) in [6, 6.07) is 0. The number of rotatable bonds is 9. The summed E-state index contributed by atoms with van der Waals surface area (Å²) in [7, 11) is -0.999. The molecule has 104 valence electrons. The van der Waals surface area contributed by atoms with E-state index in [2.05, 4.69) is 20.8 Å². The summed E-state index contributed by atoms with van der Waals surface area (Å²) < 4.78 is 24.3. The molecule has 0 atom stereocenters. The first-order chi connectivity index (χ1) is 8.59. The molecule has 1 rings (SSSR count). The number of sulfone groups is 1. The minimum Gasteiger partial charge on any atom is -0.318 e. The second kappa shape index (κ2) is 7.70. The van der Waals surface area contributed by atoms with E-state index in [1.165, 1.54) is 11.8 Å². The standard InChI is InChI=1S/C9H19N5O2S2/c1-3-18(15,16)8-4-7-17-9-11-12-13-14(9)6-5-10-2/h10H,3-8H2,1-2H3. The highest BCUT2D eigenvalue weighted by atomic mass is 32.2. The van der Waals surface area contributed by atoms with Crippen molar-refractivity contribution in [3.05, 3.63) is 0 Å². The largest absolute Gasteiger partial charge is 0.318 e. The summed E-state index contributed by atoms with van der Waals surface area (Å²) in [5, 5.41) is 15.2. The minimum atomic E-state index is -2.87. The Balaban J connectivity index is 2.33. The number of hydrogen-bond acceptors (Lipinski definition) is 7. The van der Waals surface area contributed by atoms with Crippen LogP contribution in [0.5, 0.6) is 0 Å². The SMILES string of the molecule is CCS(=O)(=O)CCCSc1nnnn1CCNC. The van der Waals surface area contributed by atoms with Gasteiger partial charge in [-0.3, -0.25) is 0 Å². The maximum absolute atomic E-state index is 11.3. The molecular weight excluding hydrogens is 274 g/mol. The normalized spacial score (nSPS) is 11.9. The van der Waals surface area contributed by atoms with E-state index in [0.29, 0.717) is 18.7 Å². The second-order valence-corrected chi connectivity index (χ2v) is 7.26. The third-order valence-corrected chi connectivity index (χ3v) is 5.18. The number of likely N-dealkylation sites (N-methyl/N-ethyl adjacent to an activating group) is 1. The zero-order chi connectivity index (χ0) is 13.4. The van der Waals surface area contributed by atoms with Crippen molar-refractivity contribution in [3.63, 3.8) is 0 Å². The Morgan fingerprint density at radius 2 is 2.22 bits per heavy atom. The van der Waals surface area contributed by atoms with Gasteiger partial charge >= 0.3 is 0 Å². The lowest BCUT2D eigenvalue weighted by Gasteiger charge is -2.03. The number of nitrogens with zero attached hydrogens (tertiary/aromatic N) is 4. The fraction of sp³-hybridized carbons (Fsp3) is 0.889. The third kappa shape index (κ3) is 5.32. The van der Waals surface area contributed by atoms with Crippen LogP contribution in [0.3, 0.4) is 0 Å². The quantitative estimate of drug-likeness (QED) is 0.498. The Kier molecular flexibility index (Phi) is 6.58. The van der Waals surface area contributed by atoms with Crippen molar-refractivity contribution in [1.29, 1.82) is 0 Å². The van der Waals surface area contributed by atoms with Crippen LogP contribution in [0.25, 0.3) is 0 Å². The van der Waals surface area contributed by atoms with E-state index < -0.39 is 9.84 Å². The van der Waals surface area contributed by atoms with Crippen LogP contribution in [-0.4, -0.2) is 59.5 Å². The minimum absolute atomic E-state index is 0.206. The molecule has 0 amide bonds. The van der Waals surface area contributed by atoms with Gasteiger partial charge in [0.05, 0.1) is 12.3 Å². The molecule has 1 aromatic heterocycles. The van der Waals surface area contributed by atoms with Crippen molar-refractivity contribution in [2.75, 3.05) is 30.9 Å². The number of tetrazole rings is 1. The lowest BCUT2D eigenvalue weighted by molar-refractivity contribution is 0.530. The summed E-state index contributed by atoms with van der Waals surface area (Å²) in [5.41, 5.74) is 0. The first-order valence-electron chi connectivity index (χ1n) is 5.83. The van der Waals surface area contributed by atoms with Crippen LogP contribution in [0.1, 0.15) is 13.3 Å². The van der Waals surface area contributed by atoms with Gasteiger partial charge < -0.3 is 5.32 Å². The van der Waals surface area contributed by atoms with Gasteiger partial charge in [-0.2, -0.15) is 0 Å². The van der Waals surface area contributed by atoms with Crippen LogP contribution in [-0.2, 0) is 16.4 Å². The number of thioether (sulfide) groups is 1. The van der Waals surface area contributed by atoms with Crippen molar-refractivity contribution >= 4 is 21.6 Å². The van der Waals surface area contributed by atoms with E-state index in [-0.39, 0.29) is 11.5 Å².